The Morgan fingerprint density at radius 2 is 1.64 bits per heavy atom. The zero-order chi connectivity index (χ0) is 11.0. The molecule has 0 aromatic heterocycles. The van der Waals surface area contributed by atoms with Gasteiger partial charge in [-0.15, -0.1) is 0 Å². The molecule has 1 unspecified atom stereocenters. The van der Waals surface area contributed by atoms with E-state index in [0.717, 1.165) is 6.04 Å². The fourth-order valence-corrected chi connectivity index (χ4v) is 2.61. The van der Waals surface area contributed by atoms with Crippen LogP contribution >= 0.6 is 0 Å². The summed E-state index contributed by atoms with van der Waals surface area (Å²) >= 11 is 0. The lowest BCUT2D eigenvalue weighted by atomic mass is 9.84. The fourth-order valence-electron chi connectivity index (χ4n) is 2.61. The summed E-state index contributed by atoms with van der Waals surface area (Å²) in [5.41, 5.74) is 0.885. The van der Waals surface area contributed by atoms with E-state index in [4.69, 9.17) is 0 Å². The molecule has 84 valence electrons. The minimum Gasteiger partial charge on any atom is -0.299 e. The second kappa shape index (κ2) is 3.84. The average Bonchev–Trinajstić information content (AvgIpc) is 2.29. The quantitative estimate of drug-likeness (QED) is 0.621. The first-order valence-corrected chi connectivity index (χ1v) is 5.94. The first-order chi connectivity index (χ1) is 6.20. The van der Waals surface area contributed by atoms with Crippen LogP contribution < -0.4 is 0 Å². The third-order valence-electron chi connectivity index (χ3n) is 3.04. The van der Waals surface area contributed by atoms with E-state index in [-0.39, 0.29) is 0 Å². The first-order valence-electron chi connectivity index (χ1n) is 5.94. The number of hydrogen-bond acceptors (Lipinski definition) is 1. The Morgan fingerprint density at radius 1 is 1.07 bits per heavy atom. The molecule has 0 amide bonds. The lowest BCUT2D eigenvalue weighted by Gasteiger charge is -2.38. The van der Waals surface area contributed by atoms with Gasteiger partial charge >= 0.3 is 0 Å². The van der Waals surface area contributed by atoms with E-state index >= 15 is 0 Å². The van der Waals surface area contributed by atoms with Crippen LogP contribution in [0.4, 0.5) is 0 Å². The molecule has 1 aliphatic rings. The van der Waals surface area contributed by atoms with E-state index in [0.29, 0.717) is 10.8 Å². The highest BCUT2D eigenvalue weighted by molar-refractivity contribution is 4.89. The largest absolute Gasteiger partial charge is 0.299 e. The van der Waals surface area contributed by atoms with Crippen LogP contribution in [0.25, 0.3) is 0 Å². The maximum atomic E-state index is 2.69. The third kappa shape index (κ3) is 3.27. The standard InChI is InChI=1S/C13H27N/c1-12(2,3)10-14-9-7-8-11(14)13(4,5)6/h11H,7-10H2,1-6H3. The van der Waals surface area contributed by atoms with E-state index in [1.165, 1.54) is 25.9 Å². The Bertz CT molecular complexity index is 182. The van der Waals surface area contributed by atoms with Gasteiger partial charge in [0.25, 0.3) is 0 Å². The molecule has 0 aliphatic carbocycles. The second-order valence-corrected chi connectivity index (χ2v) is 7.06. The van der Waals surface area contributed by atoms with Gasteiger partial charge in [-0.05, 0) is 30.2 Å². The summed E-state index contributed by atoms with van der Waals surface area (Å²) in [7, 11) is 0. The van der Waals surface area contributed by atoms with Gasteiger partial charge in [-0.3, -0.25) is 4.90 Å². The molecule has 1 heterocycles. The molecule has 0 aromatic carbocycles. The summed E-state index contributed by atoms with van der Waals surface area (Å²) in [6, 6.07) is 0.793. The Balaban J connectivity index is 2.61. The molecule has 0 N–H and O–H groups in total. The summed E-state index contributed by atoms with van der Waals surface area (Å²) in [5, 5.41) is 0. The van der Waals surface area contributed by atoms with Gasteiger partial charge in [-0.25, -0.2) is 0 Å². The van der Waals surface area contributed by atoms with Crippen molar-refractivity contribution in [2.24, 2.45) is 10.8 Å². The fraction of sp³-hybridized carbons (Fsp3) is 1.00. The van der Waals surface area contributed by atoms with Gasteiger partial charge < -0.3 is 0 Å². The third-order valence-corrected chi connectivity index (χ3v) is 3.04. The summed E-state index contributed by atoms with van der Waals surface area (Å²) in [5.74, 6) is 0. The van der Waals surface area contributed by atoms with E-state index in [1.54, 1.807) is 0 Å². The Morgan fingerprint density at radius 3 is 2.07 bits per heavy atom. The van der Waals surface area contributed by atoms with Crippen LogP contribution in [-0.2, 0) is 0 Å². The van der Waals surface area contributed by atoms with E-state index in [2.05, 4.69) is 46.4 Å². The van der Waals surface area contributed by atoms with Gasteiger partial charge in [0.2, 0.25) is 0 Å². The maximum absolute atomic E-state index is 2.69. The molecule has 1 saturated heterocycles. The molecule has 0 spiro atoms. The molecule has 14 heavy (non-hydrogen) atoms. The van der Waals surface area contributed by atoms with Crippen molar-refractivity contribution in [3.05, 3.63) is 0 Å². The smallest absolute Gasteiger partial charge is 0.0144 e. The zero-order valence-corrected chi connectivity index (χ0v) is 10.9. The molecule has 0 aromatic rings. The molecule has 1 heteroatoms. The number of likely N-dealkylation sites (tertiary alicyclic amines) is 1. The van der Waals surface area contributed by atoms with Crippen LogP contribution in [0.3, 0.4) is 0 Å². The number of hydrogen-bond donors (Lipinski definition) is 0. The van der Waals surface area contributed by atoms with Gasteiger partial charge in [0.05, 0.1) is 0 Å². The lowest BCUT2D eigenvalue weighted by molar-refractivity contribution is 0.104. The zero-order valence-electron chi connectivity index (χ0n) is 10.9. The molecule has 1 aliphatic heterocycles. The van der Waals surface area contributed by atoms with Gasteiger partial charge in [-0.1, -0.05) is 41.5 Å². The monoisotopic (exact) mass is 197 g/mol. The molecule has 0 saturated carbocycles. The second-order valence-electron chi connectivity index (χ2n) is 7.06. The highest BCUT2D eigenvalue weighted by atomic mass is 15.2. The topological polar surface area (TPSA) is 3.24 Å². The lowest BCUT2D eigenvalue weighted by Crippen LogP contribution is -2.43. The van der Waals surface area contributed by atoms with Crippen LogP contribution in [0.2, 0.25) is 0 Å². The van der Waals surface area contributed by atoms with Gasteiger partial charge in [-0.2, -0.15) is 0 Å². The highest BCUT2D eigenvalue weighted by Gasteiger charge is 2.35. The van der Waals surface area contributed by atoms with Crippen molar-refractivity contribution in [3.8, 4) is 0 Å². The van der Waals surface area contributed by atoms with Crippen molar-refractivity contribution in [3.63, 3.8) is 0 Å². The Labute approximate surface area is 89.9 Å². The predicted octanol–water partition coefficient (Wildman–Crippen LogP) is 3.54. The molecule has 1 nitrogen and oxygen atoms in total. The molecule has 0 radical (unpaired) electrons. The summed E-state index contributed by atoms with van der Waals surface area (Å²) in [6.07, 6.45) is 2.78. The van der Waals surface area contributed by atoms with Crippen molar-refractivity contribution in [2.45, 2.75) is 60.4 Å². The molecular weight excluding hydrogens is 170 g/mol. The van der Waals surface area contributed by atoms with Crippen LogP contribution in [0.1, 0.15) is 54.4 Å². The first kappa shape index (κ1) is 12.0. The van der Waals surface area contributed by atoms with E-state index in [9.17, 15) is 0 Å². The normalized spacial score (nSPS) is 25.7. The minimum atomic E-state index is 0.438. The number of nitrogens with zero attached hydrogens (tertiary/aromatic N) is 1. The van der Waals surface area contributed by atoms with Crippen molar-refractivity contribution < 1.29 is 0 Å². The van der Waals surface area contributed by atoms with Crippen molar-refractivity contribution in [1.82, 2.24) is 4.90 Å². The van der Waals surface area contributed by atoms with Crippen molar-refractivity contribution in [2.75, 3.05) is 13.1 Å². The van der Waals surface area contributed by atoms with Crippen LogP contribution in [0.15, 0.2) is 0 Å². The van der Waals surface area contributed by atoms with Gasteiger partial charge in [0.15, 0.2) is 0 Å². The van der Waals surface area contributed by atoms with Crippen LogP contribution in [0, 0.1) is 10.8 Å². The Kier molecular flexibility index (Phi) is 3.30. The van der Waals surface area contributed by atoms with Crippen molar-refractivity contribution >= 4 is 0 Å². The molecule has 1 rings (SSSR count). The minimum absolute atomic E-state index is 0.438. The SMILES string of the molecule is CC(C)(C)CN1CCCC1C(C)(C)C. The van der Waals surface area contributed by atoms with Crippen LogP contribution in [0.5, 0.6) is 0 Å². The molecule has 1 fully saturated rings. The van der Waals surface area contributed by atoms with E-state index < -0.39 is 0 Å². The maximum Gasteiger partial charge on any atom is 0.0144 e. The number of rotatable bonds is 1. The molecule has 0 bridgehead atoms. The van der Waals surface area contributed by atoms with Crippen LogP contribution in [-0.4, -0.2) is 24.0 Å². The highest BCUT2D eigenvalue weighted by Crippen LogP contribution is 2.34. The molecule has 1 atom stereocenters. The summed E-state index contributed by atoms with van der Waals surface area (Å²) in [4.78, 5) is 2.69. The summed E-state index contributed by atoms with van der Waals surface area (Å²) < 4.78 is 0. The van der Waals surface area contributed by atoms with Crippen molar-refractivity contribution in [1.29, 1.82) is 0 Å². The summed E-state index contributed by atoms with van der Waals surface area (Å²) in [6.45, 7) is 16.7. The average molecular weight is 197 g/mol. The molecular formula is C13H27N. The predicted molar refractivity (Wildman–Crippen MR) is 63.5 cm³/mol. The Hall–Kier alpha value is -0.0400. The van der Waals surface area contributed by atoms with E-state index in [1.807, 2.05) is 0 Å². The van der Waals surface area contributed by atoms with Gasteiger partial charge in [0, 0.05) is 12.6 Å². The van der Waals surface area contributed by atoms with Gasteiger partial charge in [0.1, 0.15) is 0 Å².